The number of methoxy groups -OCH3 is 1. The Bertz CT molecular complexity index is 1870. The van der Waals surface area contributed by atoms with Gasteiger partial charge in [0.25, 0.3) is 0 Å². The number of aliphatic hydroxyl groups excluding tert-OH is 1. The molecule has 13 heteroatoms. The van der Waals surface area contributed by atoms with Crippen LogP contribution in [0.1, 0.15) is 27.7 Å². The number of pyridine rings is 2. The van der Waals surface area contributed by atoms with Gasteiger partial charge in [0.05, 0.1) is 29.5 Å². The molecule has 3 heterocycles. The Hall–Kier alpha value is -3.68. The van der Waals surface area contributed by atoms with Crippen LogP contribution in [0.2, 0.25) is 0 Å². The zero-order valence-electron chi connectivity index (χ0n) is 24.6. The molecule has 11 nitrogen and oxygen atoms in total. The van der Waals surface area contributed by atoms with E-state index in [1.165, 1.54) is 21.0 Å². The highest BCUT2D eigenvalue weighted by Crippen LogP contribution is 2.41. The second kappa shape index (κ2) is 11.2. The Labute approximate surface area is 246 Å². The van der Waals surface area contributed by atoms with Gasteiger partial charge in [0.2, 0.25) is 0 Å². The second-order valence-electron chi connectivity index (χ2n) is 11.0. The third kappa shape index (κ3) is 5.20. The van der Waals surface area contributed by atoms with Crippen LogP contribution in [0, 0.1) is 0 Å². The molecular formula is C29H36N4O7S2. The van der Waals surface area contributed by atoms with Crippen molar-refractivity contribution in [1.29, 1.82) is 0 Å². The lowest BCUT2D eigenvalue weighted by atomic mass is 10.1. The third-order valence-electron chi connectivity index (χ3n) is 7.36. The molecule has 0 radical (unpaired) electrons. The molecule has 42 heavy (non-hydrogen) atoms. The first kappa shape index (κ1) is 31.3. The molecule has 2 aromatic heterocycles. The highest BCUT2D eigenvalue weighted by Gasteiger charge is 2.42. The molecule has 5 rings (SSSR count). The number of rotatable bonds is 6. The van der Waals surface area contributed by atoms with E-state index < -0.39 is 35.8 Å². The lowest BCUT2D eigenvalue weighted by Crippen LogP contribution is -2.41. The number of anilines is 2. The van der Waals surface area contributed by atoms with Gasteiger partial charge in [0, 0.05) is 60.8 Å². The highest BCUT2D eigenvalue weighted by molar-refractivity contribution is 7.93. The summed E-state index contributed by atoms with van der Waals surface area (Å²) in [4.78, 5) is 8.80. The number of hydrogen-bond acceptors (Lipinski definition) is 11. The van der Waals surface area contributed by atoms with E-state index in [4.69, 9.17) is 9.47 Å². The van der Waals surface area contributed by atoms with E-state index in [-0.39, 0.29) is 22.1 Å². The molecular weight excluding hydrogens is 580 g/mol. The topological polar surface area (TPSA) is 157 Å². The van der Waals surface area contributed by atoms with Crippen molar-refractivity contribution < 1.29 is 31.4 Å². The second-order valence-corrected chi connectivity index (χ2v) is 16.1. The largest absolute Gasteiger partial charge is 0.495 e. The fourth-order valence-corrected chi connectivity index (χ4v) is 7.36. The van der Waals surface area contributed by atoms with Crippen LogP contribution >= 0.6 is 0 Å². The van der Waals surface area contributed by atoms with E-state index in [9.17, 15) is 21.9 Å². The van der Waals surface area contributed by atoms with Crippen molar-refractivity contribution in [2.24, 2.45) is 0 Å². The number of sulfone groups is 2. The van der Waals surface area contributed by atoms with Crippen molar-refractivity contribution in [2.75, 3.05) is 45.1 Å². The van der Waals surface area contributed by atoms with Gasteiger partial charge in [-0.15, -0.1) is 0 Å². The van der Waals surface area contributed by atoms with E-state index in [2.05, 4.69) is 20.6 Å². The highest BCUT2D eigenvalue weighted by atomic mass is 32.2. The van der Waals surface area contributed by atoms with E-state index in [1.807, 2.05) is 6.07 Å². The SMILES string of the molecule is CNc1ccnc2cc(OC)c(S(=O)(=O)C(C)(C)CO)cc12.CNc1ccnc2cc3c(cc12)S(=O)(=O)C(C)(C)CO3. The summed E-state index contributed by atoms with van der Waals surface area (Å²) in [5.41, 5.74) is 2.96. The van der Waals surface area contributed by atoms with Gasteiger partial charge in [0.1, 0.15) is 32.6 Å². The van der Waals surface area contributed by atoms with Crippen LogP contribution in [-0.2, 0) is 19.7 Å². The Balaban J connectivity index is 0.000000193. The Morgan fingerprint density at radius 3 is 2.07 bits per heavy atom. The van der Waals surface area contributed by atoms with Gasteiger partial charge >= 0.3 is 0 Å². The van der Waals surface area contributed by atoms with Gasteiger partial charge in [-0.25, -0.2) is 16.8 Å². The maximum Gasteiger partial charge on any atom is 0.190 e. The van der Waals surface area contributed by atoms with Crippen LogP contribution in [-0.4, -0.2) is 75.8 Å². The van der Waals surface area contributed by atoms with Crippen LogP contribution in [0.15, 0.2) is 58.6 Å². The first-order chi connectivity index (χ1) is 19.6. The molecule has 0 spiro atoms. The molecule has 1 aliphatic heterocycles. The van der Waals surface area contributed by atoms with Gasteiger partial charge in [-0.3, -0.25) is 9.97 Å². The smallest absolute Gasteiger partial charge is 0.190 e. The lowest BCUT2D eigenvalue weighted by molar-refractivity contribution is 0.258. The summed E-state index contributed by atoms with van der Waals surface area (Å²) < 4.78 is 59.6. The molecule has 0 atom stereocenters. The Morgan fingerprint density at radius 1 is 1.00 bits per heavy atom. The van der Waals surface area contributed by atoms with Crippen molar-refractivity contribution >= 4 is 52.9 Å². The summed E-state index contributed by atoms with van der Waals surface area (Å²) in [5, 5.41) is 16.9. The normalized spacial score (nSPS) is 15.6. The molecule has 226 valence electrons. The minimum Gasteiger partial charge on any atom is -0.495 e. The van der Waals surface area contributed by atoms with Crippen LogP contribution in [0.5, 0.6) is 11.5 Å². The van der Waals surface area contributed by atoms with Crippen LogP contribution in [0.4, 0.5) is 11.4 Å². The number of aromatic nitrogens is 2. The van der Waals surface area contributed by atoms with Crippen molar-refractivity contribution in [1.82, 2.24) is 9.97 Å². The summed E-state index contributed by atoms with van der Waals surface area (Å²) >= 11 is 0. The van der Waals surface area contributed by atoms with Gasteiger partial charge in [-0.05, 0) is 52.0 Å². The minimum absolute atomic E-state index is 0.0473. The molecule has 0 amide bonds. The molecule has 1 aliphatic rings. The van der Waals surface area contributed by atoms with Gasteiger partial charge in [-0.2, -0.15) is 0 Å². The van der Waals surface area contributed by atoms with E-state index >= 15 is 0 Å². The van der Waals surface area contributed by atoms with Gasteiger partial charge in [0.15, 0.2) is 19.7 Å². The molecule has 0 aliphatic carbocycles. The number of benzene rings is 2. The summed E-state index contributed by atoms with van der Waals surface area (Å²) in [6, 6.07) is 10.1. The summed E-state index contributed by atoms with van der Waals surface area (Å²) in [6.07, 6.45) is 3.32. The third-order valence-corrected chi connectivity index (χ3v) is 12.3. The first-order valence-corrected chi connectivity index (χ1v) is 16.1. The number of fused-ring (bicyclic) bond motifs is 3. The average molecular weight is 617 g/mol. The van der Waals surface area contributed by atoms with Crippen LogP contribution in [0.25, 0.3) is 21.8 Å². The lowest BCUT2D eigenvalue weighted by Gasteiger charge is -2.31. The van der Waals surface area contributed by atoms with E-state index in [0.717, 1.165) is 16.8 Å². The summed E-state index contributed by atoms with van der Waals surface area (Å²) in [6.45, 7) is 5.99. The number of aliphatic hydroxyl groups is 1. The minimum atomic E-state index is -3.78. The molecule has 0 fully saturated rings. The molecule has 0 bridgehead atoms. The number of ether oxygens (including phenoxy) is 2. The molecule has 3 N–H and O–H groups in total. The van der Waals surface area contributed by atoms with Crippen LogP contribution in [0.3, 0.4) is 0 Å². The molecule has 0 unspecified atom stereocenters. The summed E-state index contributed by atoms with van der Waals surface area (Å²) in [5.74, 6) is 0.604. The molecule has 2 aromatic carbocycles. The zero-order chi connectivity index (χ0) is 31.1. The molecule has 4 aromatic rings. The fraction of sp³-hybridized carbons (Fsp3) is 0.379. The van der Waals surface area contributed by atoms with Crippen LogP contribution < -0.4 is 20.1 Å². The predicted molar refractivity (Wildman–Crippen MR) is 164 cm³/mol. The number of nitrogens with zero attached hydrogens (tertiary/aromatic N) is 2. The number of hydrogen-bond donors (Lipinski definition) is 3. The first-order valence-electron chi connectivity index (χ1n) is 13.1. The predicted octanol–water partition coefficient (Wildman–Crippen LogP) is 4.05. The van der Waals surface area contributed by atoms with E-state index in [1.54, 1.807) is 70.7 Å². The van der Waals surface area contributed by atoms with Gasteiger partial charge < -0.3 is 25.2 Å². The summed E-state index contributed by atoms with van der Waals surface area (Å²) in [7, 11) is -2.24. The Kier molecular flexibility index (Phi) is 8.33. The average Bonchev–Trinajstić information content (AvgIpc) is 2.97. The van der Waals surface area contributed by atoms with Crippen molar-refractivity contribution in [2.45, 2.75) is 47.0 Å². The number of nitrogens with one attached hydrogen (secondary N) is 2. The van der Waals surface area contributed by atoms with E-state index in [0.29, 0.717) is 22.2 Å². The van der Waals surface area contributed by atoms with Crippen molar-refractivity contribution in [3.05, 3.63) is 48.8 Å². The fourth-order valence-electron chi connectivity index (χ4n) is 4.45. The Morgan fingerprint density at radius 2 is 1.55 bits per heavy atom. The molecule has 0 saturated heterocycles. The van der Waals surface area contributed by atoms with Crippen molar-refractivity contribution in [3.8, 4) is 11.5 Å². The standard InChI is InChI=1S/C15H20N2O4S.C14H16N2O3S/c1-15(2,9-18)22(19,20)14-7-10-11(16-3)5-6-17-12(10)8-13(14)21-4;1-14(2)8-19-12-7-11-9(6-13(12)20(14,17)18)10(15-3)4-5-16-11/h5-8,18H,9H2,1-4H3,(H,16,17);4-7H,8H2,1-3H3,(H,15,16). The monoisotopic (exact) mass is 616 g/mol. The molecule has 0 saturated carbocycles. The van der Waals surface area contributed by atoms with Crippen molar-refractivity contribution in [3.63, 3.8) is 0 Å². The van der Waals surface area contributed by atoms with Gasteiger partial charge in [-0.1, -0.05) is 0 Å². The zero-order valence-corrected chi connectivity index (χ0v) is 26.3. The maximum atomic E-state index is 12.8. The maximum absolute atomic E-state index is 12.8. The quantitative estimate of drug-likeness (QED) is 0.287.